The summed E-state index contributed by atoms with van der Waals surface area (Å²) in [6.07, 6.45) is 3.51. The first-order chi connectivity index (χ1) is 13.4. The van der Waals surface area contributed by atoms with Crippen LogP contribution in [0.1, 0.15) is 53.5 Å². The topological polar surface area (TPSA) is 75.4 Å². The molecule has 1 fully saturated rings. The number of piperidine rings is 1. The number of hydrogen-bond donors (Lipinski definition) is 1. The van der Waals surface area contributed by atoms with Crippen molar-refractivity contribution in [3.63, 3.8) is 0 Å². The summed E-state index contributed by atoms with van der Waals surface area (Å²) in [7, 11) is 0. The monoisotopic (exact) mass is 385 g/mol. The summed E-state index contributed by atoms with van der Waals surface area (Å²) in [4.78, 5) is 26.4. The van der Waals surface area contributed by atoms with Gasteiger partial charge in [-0.05, 0) is 62.6 Å². The largest absolute Gasteiger partial charge is 0.480 e. The first kappa shape index (κ1) is 18.7. The van der Waals surface area contributed by atoms with E-state index in [1.54, 1.807) is 16.8 Å². The summed E-state index contributed by atoms with van der Waals surface area (Å²) in [5, 5.41) is 14.1. The number of benzene rings is 1. The van der Waals surface area contributed by atoms with Crippen LogP contribution in [0.3, 0.4) is 0 Å². The van der Waals surface area contributed by atoms with Crippen LogP contribution in [0.5, 0.6) is 0 Å². The van der Waals surface area contributed by atoms with Crippen LogP contribution in [0.15, 0.2) is 18.2 Å². The van der Waals surface area contributed by atoms with E-state index in [1.165, 1.54) is 11.0 Å². The molecule has 1 aromatic carbocycles. The molecule has 0 bridgehead atoms. The van der Waals surface area contributed by atoms with Crippen molar-refractivity contribution in [3.8, 4) is 5.69 Å². The minimum Gasteiger partial charge on any atom is -0.480 e. The van der Waals surface area contributed by atoms with E-state index in [2.05, 4.69) is 5.10 Å². The maximum Gasteiger partial charge on any atom is 0.326 e. The van der Waals surface area contributed by atoms with Gasteiger partial charge in [-0.1, -0.05) is 13.0 Å². The molecule has 0 saturated carbocycles. The predicted octanol–water partition coefficient (Wildman–Crippen LogP) is 3.13. The van der Waals surface area contributed by atoms with Crippen LogP contribution < -0.4 is 0 Å². The smallest absolute Gasteiger partial charge is 0.326 e. The zero-order valence-electron chi connectivity index (χ0n) is 16.1. The molecule has 1 aliphatic heterocycles. The minimum atomic E-state index is -0.985. The number of carboxylic acids is 1. The van der Waals surface area contributed by atoms with Gasteiger partial charge in [-0.3, -0.25) is 4.79 Å². The molecule has 2 heterocycles. The number of nitrogens with zero attached hydrogens (tertiary/aromatic N) is 3. The Hall–Kier alpha value is -2.70. The van der Waals surface area contributed by atoms with E-state index in [9.17, 15) is 19.1 Å². The highest BCUT2D eigenvalue weighted by Gasteiger charge is 2.38. The number of likely N-dealkylation sites (tertiary alicyclic amines) is 1. The summed E-state index contributed by atoms with van der Waals surface area (Å²) in [6, 6.07) is 3.98. The molecule has 0 spiro atoms. The first-order valence-corrected chi connectivity index (χ1v) is 9.78. The van der Waals surface area contributed by atoms with Gasteiger partial charge in [0.05, 0.1) is 0 Å². The molecule has 1 N–H and O–H groups in total. The van der Waals surface area contributed by atoms with Gasteiger partial charge < -0.3 is 10.0 Å². The van der Waals surface area contributed by atoms with Gasteiger partial charge in [0.15, 0.2) is 5.69 Å². The van der Waals surface area contributed by atoms with Crippen LogP contribution >= 0.6 is 0 Å². The number of carbonyl (C=O) groups excluding carboxylic acids is 1. The number of carboxylic acid groups (broad SMARTS) is 1. The van der Waals surface area contributed by atoms with Crippen LogP contribution in [0, 0.1) is 18.7 Å². The third-order valence-corrected chi connectivity index (χ3v) is 5.87. The van der Waals surface area contributed by atoms with E-state index < -0.39 is 17.8 Å². The highest BCUT2D eigenvalue weighted by Crippen LogP contribution is 2.31. The molecule has 2 aliphatic rings. The molecule has 7 heteroatoms. The molecule has 1 saturated heterocycles. The normalized spacial score (nSPS) is 21.6. The predicted molar refractivity (Wildman–Crippen MR) is 101 cm³/mol. The summed E-state index contributed by atoms with van der Waals surface area (Å²) < 4.78 is 16.0. The van der Waals surface area contributed by atoms with Crippen LogP contribution in [0.4, 0.5) is 4.39 Å². The van der Waals surface area contributed by atoms with Gasteiger partial charge >= 0.3 is 5.97 Å². The standard InChI is InChI=1S/C21H24FN3O3/c1-12-6-7-15(22)17(10-12)25-16-5-3-4-14(16)19(23-25)20(26)24-9-8-13(2)11-18(24)21(27)28/h6-7,10,13,18H,3-5,8-9,11H2,1-2H3,(H,27,28). The molecule has 1 amide bonds. The number of carbonyl (C=O) groups is 2. The Morgan fingerprint density at radius 3 is 2.82 bits per heavy atom. The van der Waals surface area contributed by atoms with Crippen molar-refractivity contribution in [1.82, 2.24) is 14.7 Å². The molecule has 0 radical (unpaired) electrons. The first-order valence-electron chi connectivity index (χ1n) is 9.78. The Balaban J connectivity index is 1.76. The van der Waals surface area contributed by atoms with Crippen LogP contribution in [0.25, 0.3) is 5.69 Å². The average Bonchev–Trinajstić information content (AvgIpc) is 3.26. The Labute approximate surface area is 163 Å². The lowest BCUT2D eigenvalue weighted by atomic mass is 9.92. The molecular formula is C21H24FN3O3. The number of fused-ring (bicyclic) bond motifs is 1. The zero-order valence-corrected chi connectivity index (χ0v) is 16.1. The average molecular weight is 385 g/mol. The number of aryl methyl sites for hydroxylation is 1. The van der Waals surface area contributed by atoms with E-state index in [4.69, 9.17) is 0 Å². The number of rotatable bonds is 3. The molecule has 2 unspecified atom stereocenters. The Bertz CT molecular complexity index is 953. The van der Waals surface area contributed by atoms with Gasteiger partial charge in [-0.25, -0.2) is 13.9 Å². The van der Waals surface area contributed by atoms with Gasteiger partial charge in [0.2, 0.25) is 0 Å². The van der Waals surface area contributed by atoms with E-state index in [-0.39, 0.29) is 17.5 Å². The minimum absolute atomic E-state index is 0.259. The van der Waals surface area contributed by atoms with E-state index >= 15 is 0 Å². The van der Waals surface area contributed by atoms with Crippen molar-refractivity contribution < 1.29 is 19.1 Å². The lowest BCUT2D eigenvalue weighted by molar-refractivity contribution is -0.144. The molecule has 1 aromatic heterocycles. The third kappa shape index (κ3) is 3.08. The number of halogens is 1. The highest BCUT2D eigenvalue weighted by molar-refractivity contribution is 5.96. The lowest BCUT2D eigenvalue weighted by Crippen LogP contribution is -2.50. The second-order valence-electron chi connectivity index (χ2n) is 7.98. The molecule has 28 heavy (non-hydrogen) atoms. The summed E-state index contributed by atoms with van der Waals surface area (Å²) >= 11 is 0. The Morgan fingerprint density at radius 2 is 2.07 bits per heavy atom. The van der Waals surface area contributed by atoms with Gasteiger partial charge in [-0.15, -0.1) is 0 Å². The molecule has 148 valence electrons. The van der Waals surface area contributed by atoms with Crippen molar-refractivity contribution in [2.75, 3.05) is 6.54 Å². The number of aromatic nitrogens is 2. The molecule has 2 atom stereocenters. The van der Waals surface area contributed by atoms with Gasteiger partial charge in [0.1, 0.15) is 17.5 Å². The van der Waals surface area contributed by atoms with Gasteiger partial charge in [-0.2, -0.15) is 5.10 Å². The van der Waals surface area contributed by atoms with Gasteiger partial charge in [0, 0.05) is 17.8 Å². The van der Waals surface area contributed by atoms with Gasteiger partial charge in [0.25, 0.3) is 5.91 Å². The maximum absolute atomic E-state index is 14.5. The molecule has 2 aromatic rings. The number of amides is 1. The van der Waals surface area contributed by atoms with Crippen molar-refractivity contribution in [2.24, 2.45) is 5.92 Å². The summed E-state index contributed by atoms with van der Waals surface area (Å²) in [5.41, 5.74) is 3.19. The quantitative estimate of drug-likeness (QED) is 0.881. The second kappa shape index (κ2) is 7.04. The Morgan fingerprint density at radius 1 is 1.29 bits per heavy atom. The lowest BCUT2D eigenvalue weighted by Gasteiger charge is -2.35. The zero-order chi connectivity index (χ0) is 20.0. The Kier molecular flexibility index (Phi) is 4.69. The van der Waals surface area contributed by atoms with E-state index in [1.807, 2.05) is 13.8 Å². The second-order valence-corrected chi connectivity index (χ2v) is 7.98. The highest BCUT2D eigenvalue weighted by atomic mass is 19.1. The number of aliphatic carboxylic acids is 1. The molecular weight excluding hydrogens is 361 g/mol. The molecule has 4 rings (SSSR count). The number of hydrogen-bond acceptors (Lipinski definition) is 3. The fourth-order valence-corrected chi connectivity index (χ4v) is 4.35. The molecule has 6 nitrogen and oxygen atoms in total. The third-order valence-electron chi connectivity index (χ3n) is 5.87. The summed E-state index contributed by atoms with van der Waals surface area (Å²) in [6.45, 7) is 4.28. The van der Waals surface area contributed by atoms with Crippen LogP contribution in [-0.4, -0.2) is 44.3 Å². The van der Waals surface area contributed by atoms with Crippen LogP contribution in [-0.2, 0) is 17.6 Å². The summed E-state index contributed by atoms with van der Waals surface area (Å²) in [5.74, 6) is -1.48. The maximum atomic E-state index is 14.5. The fraction of sp³-hybridized carbons (Fsp3) is 0.476. The van der Waals surface area contributed by atoms with Crippen molar-refractivity contribution in [2.45, 2.75) is 52.0 Å². The van der Waals surface area contributed by atoms with Crippen molar-refractivity contribution in [1.29, 1.82) is 0 Å². The van der Waals surface area contributed by atoms with E-state index in [0.717, 1.165) is 36.1 Å². The fourth-order valence-electron chi connectivity index (χ4n) is 4.35. The van der Waals surface area contributed by atoms with E-state index in [0.29, 0.717) is 25.1 Å². The van der Waals surface area contributed by atoms with Crippen LogP contribution in [0.2, 0.25) is 0 Å². The van der Waals surface area contributed by atoms with Crippen molar-refractivity contribution >= 4 is 11.9 Å². The van der Waals surface area contributed by atoms with Crippen molar-refractivity contribution in [3.05, 3.63) is 46.5 Å². The molecule has 1 aliphatic carbocycles. The SMILES string of the molecule is Cc1ccc(F)c(-n2nc(C(=O)N3CCC(C)CC3C(=O)O)c3c2CCC3)c1.